The van der Waals surface area contributed by atoms with Gasteiger partial charge in [-0.3, -0.25) is 4.79 Å². The predicted molar refractivity (Wildman–Crippen MR) is 130 cm³/mol. The average molecular weight is 454 g/mol. The smallest absolute Gasteiger partial charge is 0.337 e. The molecule has 0 aliphatic heterocycles. The molecular formula is C26H22N4O4. The van der Waals surface area contributed by atoms with Crippen LogP contribution in [0, 0.1) is 6.92 Å². The summed E-state index contributed by atoms with van der Waals surface area (Å²) in [5, 5.41) is 21.9. The minimum atomic E-state index is -1.02. The van der Waals surface area contributed by atoms with Crippen molar-refractivity contribution in [3.8, 4) is 11.3 Å². The van der Waals surface area contributed by atoms with Gasteiger partial charge in [0.25, 0.3) is 0 Å². The highest BCUT2D eigenvalue weighted by molar-refractivity contribution is 5.94. The maximum atomic E-state index is 13.1. The summed E-state index contributed by atoms with van der Waals surface area (Å²) in [5.41, 5.74) is 4.80. The Morgan fingerprint density at radius 1 is 1.06 bits per heavy atom. The predicted octanol–water partition coefficient (Wildman–Crippen LogP) is 4.92. The molecule has 2 N–H and O–H groups in total. The first-order chi connectivity index (χ1) is 16.3. The van der Waals surface area contributed by atoms with Crippen LogP contribution in [0.15, 0.2) is 69.9 Å². The molecule has 1 atom stereocenters. The lowest BCUT2D eigenvalue weighted by atomic mass is 10.00. The summed E-state index contributed by atoms with van der Waals surface area (Å²) in [6.45, 7) is 3.82. The van der Waals surface area contributed by atoms with Crippen molar-refractivity contribution < 1.29 is 14.3 Å². The van der Waals surface area contributed by atoms with Crippen LogP contribution in [0.1, 0.15) is 34.5 Å². The van der Waals surface area contributed by atoms with E-state index in [0.29, 0.717) is 27.9 Å². The lowest BCUT2D eigenvalue weighted by molar-refractivity contribution is 0.0698. The van der Waals surface area contributed by atoms with Crippen molar-refractivity contribution in [1.82, 2.24) is 15.0 Å². The number of hydrogen-bond donors (Lipinski definition) is 2. The molecule has 170 valence electrons. The number of carboxylic acid groups (broad SMARTS) is 1. The Bertz CT molecular complexity index is 1630. The second-order valence-electron chi connectivity index (χ2n) is 8.32. The fourth-order valence-electron chi connectivity index (χ4n) is 4.18. The summed E-state index contributed by atoms with van der Waals surface area (Å²) < 4.78 is 6.30. The summed E-state index contributed by atoms with van der Waals surface area (Å²) in [6, 6.07) is 17.2. The van der Waals surface area contributed by atoms with Crippen molar-refractivity contribution in [1.29, 1.82) is 0 Å². The van der Waals surface area contributed by atoms with Crippen LogP contribution < -0.4 is 10.7 Å². The molecule has 0 aliphatic carbocycles. The molecule has 8 heteroatoms. The van der Waals surface area contributed by atoms with Crippen LogP contribution in [0.5, 0.6) is 0 Å². The number of nitrogens with zero attached hydrogens (tertiary/aromatic N) is 3. The fraction of sp³-hybridized carbons (Fsp3) is 0.154. The van der Waals surface area contributed by atoms with Gasteiger partial charge in [-0.1, -0.05) is 18.2 Å². The number of aryl methyl sites for hydroxylation is 2. The maximum Gasteiger partial charge on any atom is 0.337 e. The van der Waals surface area contributed by atoms with E-state index in [1.807, 2.05) is 38.1 Å². The standard InChI is InChI=1S/C26H22N4O4/c1-14-10-18(15(2)27-20-7-5-4-6-17(20)26(32)33)25-19(11-14)23(31)13-24(34-25)16-8-9-21-22(12-16)29-30(3)28-21/h4-13,15,27H,1-3H3,(H,32,33). The van der Waals surface area contributed by atoms with Crippen molar-refractivity contribution in [2.24, 2.45) is 7.05 Å². The van der Waals surface area contributed by atoms with Gasteiger partial charge in [0.15, 0.2) is 5.43 Å². The maximum absolute atomic E-state index is 13.1. The van der Waals surface area contributed by atoms with E-state index in [1.54, 1.807) is 37.4 Å². The van der Waals surface area contributed by atoms with Gasteiger partial charge in [-0.05, 0) is 55.8 Å². The van der Waals surface area contributed by atoms with Gasteiger partial charge in [-0.15, -0.1) is 0 Å². The number of hydrogen-bond acceptors (Lipinski definition) is 6. The summed E-state index contributed by atoms with van der Waals surface area (Å²) in [5.74, 6) is -0.592. The number of benzene rings is 3. The van der Waals surface area contributed by atoms with Gasteiger partial charge in [-0.2, -0.15) is 15.0 Å². The van der Waals surface area contributed by atoms with Crippen LogP contribution >= 0.6 is 0 Å². The first kappa shape index (κ1) is 21.4. The quantitative estimate of drug-likeness (QED) is 0.388. The molecule has 0 saturated heterocycles. The minimum absolute atomic E-state index is 0.154. The second-order valence-corrected chi connectivity index (χ2v) is 8.32. The Kier molecular flexibility index (Phi) is 5.13. The third kappa shape index (κ3) is 3.79. The Morgan fingerprint density at radius 2 is 1.82 bits per heavy atom. The lowest BCUT2D eigenvalue weighted by Crippen LogP contribution is -2.12. The van der Waals surface area contributed by atoms with E-state index < -0.39 is 5.97 Å². The number of anilines is 1. The molecule has 0 saturated carbocycles. The van der Waals surface area contributed by atoms with Crippen molar-refractivity contribution in [2.45, 2.75) is 19.9 Å². The first-order valence-electron chi connectivity index (χ1n) is 10.8. The van der Waals surface area contributed by atoms with Gasteiger partial charge in [0.1, 0.15) is 22.4 Å². The highest BCUT2D eigenvalue weighted by atomic mass is 16.4. The van der Waals surface area contributed by atoms with Crippen molar-refractivity contribution in [3.05, 3.63) is 87.6 Å². The van der Waals surface area contributed by atoms with E-state index in [-0.39, 0.29) is 17.0 Å². The van der Waals surface area contributed by atoms with Crippen molar-refractivity contribution in [2.75, 3.05) is 5.32 Å². The zero-order valence-electron chi connectivity index (χ0n) is 18.9. The molecule has 2 heterocycles. The van der Waals surface area contributed by atoms with Crippen LogP contribution in [-0.2, 0) is 7.05 Å². The molecule has 5 aromatic rings. The van der Waals surface area contributed by atoms with Gasteiger partial charge in [0.2, 0.25) is 0 Å². The van der Waals surface area contributed by atoms with Gasteiger partial charge in [0.05, 0.1) is 17.0 Å². The molecule has 0 radical (unpaired) electrons. The van der Waals surface area contributed by atoms with Gasteiger partial charge in [-0.25, -0.2) is 4.79 Å². The number of fused-ring (bicyclic) bond motifs is 2. The molecule has 0 amide bonds. The minimum Gasteiger partial charge on any atom is -0.478 e. The molecule has 8 nitrogen and oxygen atoms in total. The molecule has 3 aromatic carbocycles. The molecule has 2 aromatic heterocycles. The number of aromatic nitrogens is 3. The highest BCUT2D eigenvalue weighted by Gasteiger charge is 2.18. The molecular weight excluding hydrogens is 432 g/mol. The summed E-state index contributed by atoms with van der Waals surface area (Å²) in [7, 11) is 1.75. The Morgan fingerprint density at radius 3 is 2.62 bits per heavy atom. The van der Waals surface area contributed by atoms with E-state index in [2.05, 4.69) is 15.5 Å². The van der Waals surface area contributed by atoms with Crippen LogP contribution in [0.4, 0.5) is 5.69 Å². The summed E-state index contributed by atoms with van der Waals surface area (Å²) in [4.78, 5) is 26.2. The van der Waals surface area contributed by atoms with Crippen molar-refractivity contribution in [3.63, 3.8) is 0 Å². The molecule has 34 heavy (non-hydrogen) atoms. The average Bonchev–Trinajstić information content (AvgIpc) is 3.18. The summed E-state index contributed by atoms with van der Waals surface area (Å²) >= 11 is 0. The molecule has 1 unspecified atom stereocenters. The van der Waals surface area contributed by atoms with Crippen LogP contribution in [-0.4, -0.2) is 26.1 Å². The Hall–Kier alpha value is -4.46. The second kappa shape index (κ2) is 8.15. The van der Waals surface area contributed by atoms with Crippen LogP contribution in [0.2, 0.25) is 0 Å². The first-order valence-corrected chi connectivity index (χ1v) is 10.8. The van der Waals surface area contributed by atoms with Crippen LogP contribution in [0.3, 0.4) is 0 Å². The van der Waals surface area contributed by atoms with E-state index in [0.717, 1.165) is 22.2 Å². The topological polar surface area (TPSA) is 110 Å². The number of carboxylic acids is 1. The Balaban J connectivity index is 1.64. The lowest BCUT2D eigenvalue weighted by Gasteiger charge is -2.19. The highest BCUT2D eigenvalue weighted by Crippen LogP contribution is 2.31. The molecule has 0 fully saturated rings. The number of rotatable bonds is 5. The number of para-hydroxylation sites is 1. The monoisotopic (exact) mass is 454 g/mol. The third-order valence-electron chi connectivity index (χ3n) is 5.76. The molecule has 0 aliphatic rings. The normalized spacial score (nSPS) is 12.2. The van der Waals surface area contributed by atoms with E-state index >= 15 is 0 Å². The number of carbonyl (C=O) groups is 1. The zero-order valence-corrected chi connectivity index (χ0v) is 18.9. The molecule has 0 spiro atoms. The molecule has 5 rings (SSSR count). The van der Waals surface area contributed by atoms with Crippen molar-refractivity contribution >= 4 is 33.7 Å². The van der Waals surface area contributed by atoms with E-state index in [4.69, 9.17) is 4.42 Å². The van der Waals surface area contributed by atoms with Crippen LogP contribution in [0.25, 0.3) is 33.3 Å². The zero-order chi connectivity index (χ0) is 24.0. The summed E-state index contributed by atoms with van der Waals surface area (Å²) in [6.07, 6.45) is 0. The van der Waals surface area contributed by atoms with E-state index in [9.17, 15) is 14.7 Å². The van der Waals surface area contributed by atoms with Gasteiger partial charge in [0, 0.05) is 29.9 Å². The largest absolute Gasteiger partial charge is 0.478 e. The number of nitrogens with one attached hydrogen (secondary N) is 1. The van der Waals surface area contributed by atoms with E-state index in [1.165, 1.54) is 10.9 Å². The third-order valence-corrected chi connectivity index (χ3v) is 5.76. The number of aromatic carboxylic acids is 1. The fourth-order valence-corrected chi connectivity index (χ4v) is 4.18. The Labute approximate surface area is 194 Å². The molecule has 0 bridgehead atoms. The SMILES string of the molecule is Cc1cc(C(C)Nc2ccccc2C(=O)O)c2oc(-c3ccc4nn(C)nc4c3)cc(=O)c2c1. The van der Waals surface area contributed by atoms with Gasteiger partial charge < -0.3 is 14.8 Å². The van der Waals surface area contributed by atoms with Gasteiger partial charge >= 0.3 is 5.97 Å².